The van der Waals surface area contributed by atoms with Gasteiger partial charge in [0.25, 0.3) is 11.1 Å². The lowest BCUT2D eigenvalue weighted by atomic mass is 10.1. The van der Waals surface area contributed by atoms with E-state index in [2.05, 4.69) is 40.8 Å². The Labute approximate surface area is 232 Å². The van der Waals surface area contributed by atoms with Crippen molar-refractivity contribution in [2.24, 2.45) is 0 Å². The maximum Gasteiger partial charge on any atom is 0.298 e. The molecule has 1 aliphatic heterocycles. The first kappa shape index (κ1) is 25.2. The Bertz CT molecular complexity index is 1550. The van der Waals surface area contributed by atoms with Crippen molar-refractivity contribution in [3.63, 3.8) is 0 Å². The summed E-state index contributed by atoms with van der Waals surface area (Å²) >= 11 is 3.09. The topological polar surface area (TPSA) is 65.1 Å². The van der Waals surface area contributed by atoms with Gasteiger partial charge in [-0.3, -0.25) is 9.59 Å². The van der Waals surface area contributed by atoms with Crippen LogP contribution in [0.2, 0.25) is 0 Å². The molecular weight excluding hydrogens is 601 g/mol. The van der Waals surface area contributed by atoms with Crippen molar-refractivity contribution in [1.82, 2.24) is 0 Å². The molecule has 0 unspecified atom stereocenters. The number of thioether (sulfide) groups is 1. The standard InChI is InChI=1S/C29H22INO5S/c1-34-24-13-6-5-12-23(24)31-28(32)26(37-29(31)33)16-18-14-22(30)27(25(15-18)35-2)36-17-20-10-7-9-19-8-3-4-11-21(19)20/h3-16H,17H2,1-2H3/b26-16-. The first-order valence-electron chi connectivity index (χ1n) is 11.4. The van der Waals surface area contributed by atoms with E-state index in [1.807, 2.05) is 30.3 Å². The molecule has 0 N–H and O–H groups in total. The first-order chi connectivity index (χ1) is 18.0. The van der Waals surface area contributed by atoms with Crippen molar-refractivity contribution >= 4 is 68.0 Å². The maximum absolute atomic E-state index is 13.2. The van der Waals surface area contributed by atoms with Gasteiger partial charge >= 0.3 is 0 Å². The molecule has 2 amide bonds. The van der Waals surface area contributed by atoms with Crippen LogP contribution in [-0.4, -0.2) is 25.4 Å². The van der Waals surface area contributed by atoms with E-state index in [1.54, 1.807) is 43.5 Å². The number of rotatable bonds is 7. The van der Waals surface area contributed by atoms with Gasteiger partial charge in [-0.15, -0.1) is 0 Å². The Balaban J connectivity index is 1.41. The summed E-state index contributed by atoms with van der Waals surface area (Å²) in [5, 5.41) is 1.92. The molecule has 0 atom stereocenters. The van der Waals surface area contributed by atoms with Crippen LogP contribution >= 0.6 is 34.4 Å². The van der Waals surface area contributed by atoms with E-state index in [0.717, 1.165) is 42.1 Å². The number of benzene rings is 4. The summed E-state index contributed by atoms with van der Waals surface area (Å²) in [6.07, 6.45) is 1.69. The largest absolute Gasteiger partial charge is 0.495 e. The van der Waals surface area contributed by atoms with Crippen molar-refractivity contribution < 1.29 is 23.8 Å². The zero-order valence-electron chi connectivity index (χ0n) is 20.1. The minimum atomic E-state index is -0.398. The van der Waals surface area contributed by atoms with Gasteiger partial charge in [0, 0.05) is 0 Å². The number of fused-ring (bicyclic) bond motifs is 1. The van der Waals surface area contributed by atoms with Gasteiger partial charge in [-0.2, -0.15) is 0 Å². The average molecular weight is 623 g/mol. The summed E-state index contributed by atoms with van der Waals surface area (Å²) in [6.45, 7) is 0.380. The molecular formula is C29H22INO5S. The number of carbonyl (C=O) groups excluding carboxylic acids is 2. The molecule has 0 aromatic heterocycles. The van der Waals surface area contributed by atoms with Gasteiger partial charge < -0.3 is 14.2 Å². The summed E-state index contributed by atoms with van der Waals surface area (Å²) in [5.74, 6) is 1.22. The van der Waals surface area contributed by atoms with Gasteiger partial charge in [0.15, 0.2) is 11.5 Å². The molecule has 4 aromatic rings. The molecule has 0 spiro atoms. The number of hydrogen-bond acceptors (Lipinski definition) is 6. The average Bonchev–Trinajstić information content (AvgIpc) is 3.19. The minimum absolute atomic E-state index is 0.318. The third-order valence-electron chi connectivity index (χ3n) is 5.92. The van der Waals surface area contributed by atoms with Crippen molar-refractivity contribution in [2.45, 2.75) is 6.61 Å². The van der Waals surface area contributed by atoms with Crippen LogP contribution in [0.25, 0.3) is 16.8 Å². The van der Waals surface area contributed by atoms with Crippen molar-refractivity contribution in [2.75, 3.05) is 19.1 Å². The molecule has 0 saturated carbocycles. The number of ether oxygens (including phenoxy) is 3. The predicted molar refractivity (Wildman–Crippen MR) is 155 cm³/mol. The quantitative estimate of drug-likeness (QED) is 0.159. The van der Waals surface area contributed by atoms with E-state index < -0.39 is 5.91 Å². The van der Waals surface area contributed by atoms with Crippen LogP contribution in [0, 0.1) is 3.57 Å². The number of halogens is 1. The van der Waals surface area contributed by atoms with Crippen LogP contribution in [-0.2, 0) is 11.4 Å². The predicted octanol–water partition coefficient (Wildman–Crippen LogP) is 7.28. The molecule has 37 heavy (non-hydrogen) atoms. The Kier molecular flexibility index (Phi) is 7.38. The second kappa shape index (κ2) is 10.9. The van der Waals surface area contributed by atoms with E-state index >= 15 is 0 Å². The smallest absolute Gasteiger partial charge is 0.298 e. The van der Waals surface area contributed by atoms with E-state index in [-0.39, 0.29) is 5.24 Å². The zero-order valence-corrected chi connectivity index (χ0v) is 23.0. The summed E-state index contributed by atoms with van der Waals surface area (Å²) in [5.41, 5.74) is 2.22. The molecule has 0 bridgehead atoms. The van der Waals surface area contributed by atoms with Gasteiger partial charge in [0.2, 0.25) is 0 Å². The van der Waals surface area contributed by atoms with Crippen LogP contribution in [0.15, 0.2) is 83.8 Å². The van der Waals surface area contributed by atoms with Crippen LogP contribution in [0.5, 0.6) is 17.2 Å². The third kappa shape index (κ3) is 5.03. The van der Waals surface area contributed by atoms with Crippen LogP contribution < -0.4 is 19.1 Å². The van der Waals surface area contributed by atoms with E-state index in [9.17, 15) is 9.59 Å². The highest BCUT2D eigenvalue weighted by Gasteiger charge is 2.37. The molecule has 0 aliphatic carbocycles. The highest BCUT2D eigenvalue weighted by atomic mass is 127. The number of amides is 2. The molecule has 5 rings (SSSR count). The van der Waals surface area contributed by atoms with Crippen LogP contribution in [0.1, 0.15) is 11.1 Å². The molecule has 1 heterocycles. The number of anilines is 1. The highest BCUT2D eigenvalue weighted by Crippen LogP contribution is 2.41. The van der Waals surface area contributed by atoms with Gasteiger partial charge in [-0.1, -0.05) is 54.6 Å². The fourth-order valence-corrected chi connectivity index (χ4v) is 5.79. The Morgan fingerprint density at radius 2 is 1.62 bits per heavy atom. The van der Waals surface area contributed by atoms with Crippen molar-refractivity contribution in [1.29, 1.82) is 0 Å². The Morgan fingerprint density at radius 1 is 0.892 bits per heavy atom. The van der Waals surface area contributed by atoms with Crippen molar-refractivity contribution in [3.8, 4) is 17.2 Å². The molecule has 0 radical (unpaired) electrons. The van der Waals surface area contributed by atoms with Crippen LogP contribution in [0.4, 0.5) is 10.5 Å². The molecule has 1 saturated heterocycles. The van der Waals surface area contributed by atoms with E-state index in [0.29, 0.717) is 34.4 Å². The lowest BCUT2D eigenvalue weighted by molar-refractivity contribution is -0.113. The Hall–Kier alpha value is -3.50. The van der Waals surface area contributed by atoms with Gasteiger partial charge in [-0.25, -0.2) is 4.90 Å². The molecule has 6 nitrogen and oxygen atoms in total. The number of nitrogens with zero attached hydrogens (tertiary/aromatic N) is 1. The van der Waals surface area contributed by atoms with Gasteiger partial charge in [0.1, 0.15) is 12.4 Å². The van der Waals surface area contributed by atoms with Gasteiger partial charge in [0.05, 0.1) is 28.4 Å². The van der Waals surface area contributed by atoms with Gasteiger partial charge in [-0.05, 0) is 86.6 Å². The van der Waals surface area contributed by atoms with E-state index in [1.165, 1.54) is 7.11 Å². The summed E-state index contributed by atoms with van der Waals surface area (Å²) in [4.78, 5) is 27.4. The molecule has 186 valence electrons. The monoisotopic (exact) mass is 623 g/mol. The highest BCUT2D eigenvalue weighted by molar-refractivity contribution is 14.1. The number of hydrogen-bond donors (Lipinski definition) is 0. The zero-order chi connectivity index (χ0) is 25.9. The SMILES string of the molecule is COc1ccccc1N1C(=O)S/C(=C\c2cc(I)c(OCc3cccc4ccccc34)c(OC)c2)C1=O. The second-order valence-corrected chi connectivity index (χ2v) is 10.3. The number of methoxy groups -OCH3 is 2. The summed E-state index contributed by atoms with van der Waals surface area (Å²) in [7, 11) is 3.08. The van der Waals surface area contributed by atoms with Crippen LogP contribution in [0.3, 0.4) is 0 Å². The summed E-state index contributed by atoms with van der Waals surface area (Å²) < 4.78 is 18.0. The molecule has 1 fully saturated rings. The fraction of sp³-hybridized carbons (Fsp3) is 0.103. The number of para-hydroxylation sites is 2. The molecule has 4 aromatic carbocycles. The second-order valence-electron chi connectivity index (χ2n) is 8.15. The number of carbonyl (C=O) groups is 2. The number of imide groups is 1. The van der Waals surface area contributed by atoms with E-state index in [4.69, 9.17) is 14.2 Å². The van der Waals surface area contributed by atoms with Crippen molar-refractivity contribution in [3.05, 3.63) is 98.5 Å². The maximum atomic E-state index is 13.2. The lowest BCUT2D eigenvalue weighted by Crippen LogP contribution is -2.28. The molecule has 1 aliphatic rings. The Morgan fingerprint density at radius 3 is 2.43 bits per heavy atom. The molecule has 8 heteroatoms. The third-order valence-corrected chi connectivity index (χ3v) is 7.59. The lowest BCUT2D eigenvalue weighted by Gasteiger charge is -2.16. The normalized spacial score (nSPS) is 14.5. The summed E-state index contributed by atoms with van der Waals surface area (Å²) in [6, 6.07) is 25.0. The minimum Gasteiger partial charge on any atom is -0.495 e. The fourth-order valence-electron chi connectivity index (χ4n) is 4.17. The first-order valence-corrected chi connectivity index (χ1v) is 13.3.